The molecule has 0 aliphatic heterocycles. The summed E-state index contributed by atoms with van der Waals surface area (Å²) >= 11 is 0. The fraction of sp³-hybridized carbons (Fsp3) is 0.643. The third kappa shape index (κ3) is 1.86. The van der Waals surface area contributed by atoms with Gasteiger partial charge in [-0.05, 0) is 37.2 Å². The molecule has 88 valence electrons. The van der Waals surface area contributed by atoms with Gasteiger partial charge in [-0.15, -0.1) is 6.58 Å². The van der Waals surface area contributed by atoms with E-state index in [0.29, 0.717) is 18.8 Å². The summed E-state index contributed by atoms with van der Waals surface area (Å²) in [7, 11) is 0. The molecule has 3 unspecified atom stereocenters. The minimum Gasteiger partial charge on any atom is -0.392 e. The molecule has 2 rings (SSSR count). The Morgan fingerprint density at radius 2 is 2.31 bits per heavy atom. The maximum Gasteiger partial charge on any atom is 0.159 e. The van der Waals surface area contributed by atoms with Crippen molar-refractivity contribution in [1.29, 1.82) is 0 Å². The van der Waals surface area contributed by atoms with E-state index >= 15 is 0 Å². The molecule has 2 heteroatoms. The molecule has 0 aromatic heterocycles. The molecule has 1 N–H and O–H groups in total. The normalized spacial score (nSPS) is 34.9. The van der Waals surface area contributed by atoms with E-state index in [-0.39, 0.29) is 17.8 Å². The quantitative estimate of drug-likeness (QED) is 0.726. The van der Waals surface area contributed by atoms with Gasteiger partial charge in [0.25, 0.3) is 0 Å². The van der Waals surface area contributed by atoms with Crippen LogP contribution in [-0.2, 0) is 4.79 Å². The van der Waals surface area contributed by atoms with Crippen LogP contribution in [0, 0.1) is 11.8 Å². The Labute approximate surface area is 97.0 Å². The number of ketones is 1. The second-order valence-electron chi connectivity index (χ2n) is 5.09. The van der Waals surface area contributed by atoms with Gasteiger partial charge in [0.2, 0.25) is 0 Å². The van der Waals surface area contributed by atoms with E-state index < -0.39 is 0 Å². The highest BCUT2D eigenvalue weighted by Gasteiger charge is 2.38. The van der Waals surface area contributed by atoms with Crippen LogP contribution >= 0.6 is 0 Å². The number of Topliss-reactive ketones (excluding diaryl/α,β-unsaturated/α-hetero) is 1. The zero-order chi connectivity index (χ0) is 11.7. The number of carbonyl (C=O) groups excluding carboxylic acids is 1. The lowest BCUT2D eigenvalue weighted by molar-refractivity contribution is -0.118. The molecule has 0 heterocycles. The second-order valence-corrected chi connectivity index (χ2v) is 5.09. The number of aliphatic hydroxyl groups excluding tert-OH is 1. The Bertz CT molecular complexity index is 341. The molecule has 1 saturated carbocycles. The van der Waals surface area contributed by atoms with E-state index in [0.717, 1.165) is 24.8 Å². The molecular formula is C14H20O2. The van der Waals surface area contributed by atoms with Crippen molar-refractivity contribution in [3.05, 3.63) is 23.8 Å². The van der Waals surface area contributed by atoms with Crippen LogP contribution in [0.1, 0.15) is 39.0 Å². The molecule has 0 bridgehead atoms. The maximum absolute atomic E-state index is 12.0. The number of hydrogen-bond donors (Lipinski definition) is 1. The highest BCUT2D eigenvalue weighted by atomic mass is 16.3. The van der Waals surface area contributed by atoms with Crippen molar-refractivity contribution in [3.8, 4) is 0 Å². The van der Waals surface area contributed by atoms with Crippen LogP contribution in [0.2, 0.25) is 0 Å². The van der Waals surface area contributed by atoms with Gasteiger partial charge in [0.1, 0.15) is 0 Å². The zero-order valence-corrected chi connectivity index (χ0v) is 9.91. The summed E-state index contributed by atoms with van der Waals surface area (Å²) in [5.41, 5.74) is 2.17. The first kappa shape index (κ1) is 11.6. The number of allylic oxidation sites excluding steroid dienone is 2. The van der Waals surface area contributed by atoms with E-state index in [4.69, 9.17) is 0 Å². The van der Waals surface area contributed by atoms with Gasteiger partial charge in [0.15, 0.2) is 5.78 Å². The Hall–Kier alpha value is -0.890. The summed E-state index contributed by atoms with van der Waals surface area (Å²) in [5.74, 6) is 0.792. The van der Waals surface area contributed by atoms with Gasteiger partial charge in [-0.1, -0.05) is 18.6 Å². The maximum atomic E-state index is 12.0. The standard InChI is InChI=1S/C14H20O2/c1-3-5-10-11-6-4-7-12(15)14(11)9(2)8-13(10)16/h3,9,12,14-15H,1,4-8H2,2H3. The van der Waals surface area contributed by atoms with Crippen molar-refractivity contribution in [2.75, 3.05) is 0 Å². The first-order valence-corrected chi connectivity index (χ1v) is 6.19. The number of hydrogen-bond acceptors (Lipinski definition) is 2. The summed E-state index contributed by atoms with van der Waals surface area (Å²) < 4.78 is 0. The summed E-state index contributed by atoms with van der Waals surface area (Å²) in [5, 5.41) is 10.1. The lowest BCUT2D eigenvalue weighted by Crippen LogP contribution is -2.37. The Morgan fingerprint density at radius 1 is 1.56 bits per heavy atom. The van der Waals surface area contributed by atoms with Gasteiger partial charge in [-0.25, -0.2) is 0 Å². The van der Waals surface area contributed by atoms with E-state index in [9.17, 15) is 9.90 Å². The molecule has 0 aromatic carbocycles. The van der Waals surface area contributed by atoms with E-state index in [2.05, 4.69) is 13.5 Å². The van der Waals surface area contributed by atoms with E-state index in [1.807, 2.05) is 0 Å². The van der Waals surface area contributed by atoms with Crippen LogP contribution in [0.15, 0.2) is 23.8 Å². The molecule has 16 heavy (non-hydrogen) atoms. The van der Waals surface area contributed by atoms with Crippen molar-refractivity contribution in [2.45, 2.75) is 45.1 Å². The van der Waals surface area contributed by atoms with Gasteiger partial charge in [-0.3, -0.25) is 4.79 Å². The second kappa shape index (κ2) is 4.54. The lowest BCUT2D eigenvalue weighted by Gasteiger charge is -2.39. The monoisotopic (exact) mass is 220 g/mol. The Balaban J connectivity index is 2.39. The van der Waals surface area contributed by atoms with E-state index in [1.54, 1.807) is 6.08 Å². The van der Waals surface area contributed by atoms with E-state index in [1.165, 1.54) is 5.57 Å². The molecule has 0 aromatic rings. The van der Waals surface area contributed by atoms with Crippen molar-refractivity contribution in [1.82, 2.24) is 0 Å². The third-order valence-electron chi connectivity index (χ3n) is 3.96. The summed E-state index contributed by atoms with van der Waals surface area (Å²) in [6.45, 7) is 5.80. The van der Waals surface area contributed by atoms with Gasteiger partial charge < -0.3 is 5.11 Å². The van der Waals surface area contributed by atoms with Crippen molar-refractivity contribution >= 4 is 5.78 Å². The molecule has 0 saturated heterocycles. The fourth-order valence-corrected chi connectivity index (χ4v) is 3.27. The molecule has 3 atom stereocenters. The predicted molar refractivity (Wildman–Crippen MR) is 64.0 cm³/mol. The van der Waals surface area contributed by atoms with Crippen LogP contribution in [0.4, 0.5) is 0 Å². The molecule has 0 spiro atoms. The average molecular weight is 220 g/mol. The number of carbonyl (C=O) groups is 1. The van der Waals surface area contributed by atoms with Crippen LogP contribution in [0.5, 0.6) is 0 Å². The molecule has 0 radical (unpaired) electrons. The minimum absolute atomic E-state index is 0.224. The summed E-state index contributed by atoms with van der Waals surface area (Å²) in [4.78, 5) is 12.0. The molecule has 2 aliphatic carbocycles. The highest BCUT2D eigenvalue weighted by Crippen LogP contribution is 2.42. The van der Waals surface area contributed by atoms with Crippen molar-refractivity contribution < 1.29 is 9.90 Å². The van der Waals surface area contributed by atoms with Crippen molar-refractivity contribution in [3.63, 3.8) is 0 Å². The third-order valence-corrected chi connectivity index (χ3v) is 3.96. The predicted octanol–water partition coefficient (Wildman–Crippen LogP) is 2.63. The summed E-state index contributed by atoms with van der Waals surface area (Å²) in [6.07, 6.45) is 5.70. The van der Waals surface area contributed by atoms with Crippen LogP contribution in [0.3, 0.4) is 0 Å². The topological polar surface area (TPSA) is 37.3 Å². The lowest BCUT2D eigenvalue weighted by atomic mass is 9.67. The molecule has 1 fully saturated rings. The smallest absolute Gasteiger partial charge is 0.159 e. The van der Waals surface area contributed by atoms with Crippen LogP contribution in [0.25, 0.3) is 0 Å². The molecule has 0 amide bonds. The Morgan fingerprint density at radius 3 is 3.00 bits per heavy atom. The molecular weight excluding hydrogens is 200 g/mol. The highest BCUT2D eigenvalue weighted by molar-refractivity contribution is 5.97. The SMILES string of the molecule is C=CCC1=C2CCCC(O)C2C(C)CC1=O. The van der Waals surface area contributed by atoms with Crippen LogP contribution < -0.4 is 0 Å². The van der Waals surface area contributed by atoms with Gasteiger partial charge >= 0.3 is 0 Å². The fourth-order valence-electron chi connectivity index (χ4n) is 3.27. The van der Waals surface area contributed by atoms with Crippen LogP contribution in [-0.4, -0.2) is 17.0 Å². The average Bonchev–Trinajstić information content (AvgIpc) is 2.23. The minimum atomic E-state index is -0.244. The number of fused-ring (bicyclic) bond motifs is 1. The Kier molecular flexibility index (Phi) is 3.29. The van der Waals surface area contributed by atoms with Gasteiger partial charge in [-0.2, -0.15) is 0 Å². The molecule has 2 nitrogen and oxygen atoms in total. The number of rotatable bonds is 2. The zero-order valence-electron chi connectivity index (χ0n) is 9.91. The van der Waals surface area contributed by atoms with Gasteiger partial charge in [0, 0.05) is 12.3 Å². The van der Waals surface area contributed by atoms with Crippen molar-refractivity contribution in [2.24, 2.45) is 11.8 Å². The first-order valence-electron chi connectivity index (χ1n) is 6.19. The number of aliphatic hydroxyl groups is 1. The largest absolute Gasteiger partial charge is 0.392 e. The first-order chi connectivity index (χ1) is 7.65. The summed E-state index contributed by atoms with van der Waals surface area (Å²) in [6, 6.07) is 0. The molecule has 2 aliphatic rings. The van der Waals surface area contributed by atoms with Gasteiger partial charge in [0.05, 0.1) is 6.10 Å².